The predicted molar refractivity (Wildman–Crippen MR) is 52.9 cm³/mol. The Morgan fingerprint density at radius 3 is 1.94 bits per heavy atom. The second-order valence-corrected chi connectivity index (χ2v) is 3.74. The molecule has 0 aromatic carbocycles. The molecule has 0 amide bonds. The summed E-state index contributed by atoms with van der Waals surface area (Å²) in [6.07, 6.45) is -4.45. The molecule has 3 atom stereocenters. The smallest absolute Gasteiger partial charge is 0.479 e. The number of hydrogen-bond acceptors (Lipinski definition) is 4. The van der Waals surface area contributed by atoms with Gasteiger partial charge in [0.15, 0.2) is 6.10 Å². The molecule has 1 aliphatic rings. The summed E-state index contributed by atoms with van der Waals surface area (Å²) in [6.45, 7) is 1.83. The molecule has 0 aromatic rings. The van der Waals surface area contributed by atoms with Crippen LogP contribution in [0.5, 0.6) is 0 Å². The number of halogens is 3. The molecule has 106 valence electrons. The molecule has 1 fully saturated rings. The van der Waals surface area contributed by atoms with Crippen LogP contribution < -0.4 is 5.73 Å². The van der Waals surface area contributed by atoms with Crippen LogP contribution >= 0.6 is 0 Å². The third-order valence-electron chi connectivity index (χ3n) is 2.16. The van der Waals surface area contributed by atoms with E-state index >= 15 is 0 Å². The highest BCUT2D eigenvalue weighted by molar-refractivity contribution is 5.73. The Morgan fingerprint density at radius 1 is 1.33 bits per heavy atom. The first-order chi connectivity index (χ1) is 8.05. The average molecular weight is 273 g/mol. The standard InChI is InChI=1S/C7H13NO3.C2HF3O2/c1-4(8)5-2-3-6(11-5)7(9)10;3-2(4,5)1(6)7/h4-6H,2-3,8H2,1H3,(H,9,10);(H,6,7)/t4-,5+,6-;/m1./s1. The molecule has 0 saturated carbocycles. The predicted octanol–water partition coefficient (Wildman–Crippen LogP) is 0.599. The number of hydrogen-bond donors (Lipinski definition) is 3. The Hall–Kier alpha value is -1.35. The quantitative estimate of drug-likeness (QED) is 0.679. The summed E-state index contributed by atoms with van der Waals surface area (Å²) in [7, 11) is 0. The summed E-state index contributed by atoms with van der Waals surface area (Å²) in [5.41, 5.74) is 5.54. The Kier molecular flexibility index (Phi) is 6.06. The van der Waals surface area contributed by atoms with Crippen LogP contribution in [0.15, 0.2) is 0 Å². The zero-order valence-corrected chi connectivity index (χ0v) is 9.48. The maximum Gasteiger partial charge on any atom is 0.490 e. The molecule has 4 N–H and O–H groups in total. The Labute approximate surface area is 101 Å². The molecule has 0 spiro atoms. The number of carboxylic acid groups (broad SMARTS) is 2. The van der Waals surface area contributed by atoms with E-state index in [4.69, 9.17) is 25.5 Å². The molecular weight excluding hydrogens is 259 g/mol. The molecule has 0 aliphatic carbocycles. The van der Waals surface area contributed by atoms with E-state index in [1.165, 1.54) is 0 Å². The van der Waals surface area contributed by atoms with Gasteiger partial charge in [0, 0.05) is 6.04 Å². The van der Waals surface area contributed by atoms with Gasteiger partial charge < -0.3 is 20.7 Å². The van der Waals surface area contributed by atoms with Crippen molar-refractivity contribution in [1.29, 1.82) is 0 Å². The van der Waals surface area contributed by atoms with Gasteiger partial charge in [-0.25, -0.2) is 9.59 Å². The topological polar surface area (TPSA) is 110 Å². The number of nitrogens with two attached hydrogens (primary N) is 1. The van der Waals surface area contributed by atoms with E-state index in [0.717, 1.165) is 6.42 Å². The summed E-state index contributed by atoms with van der Waals surface area (Å²) in [4.78, 5) is 19.3. The van der Waals surface area contributed by atoms with Crippen LogP contribution in [0, 0.1) is 0 Å². The molecule has 9 heteroatoms. The van der Waals surface area contributed by atoms with Crippen LogP contribution in [0.3, 0.4) is 0 Å². The molecular formula is C9H14F3NO5. The van der Waals surface area contributed by atoms with Crippen LogP contribution in [0.1, 0.15) is 19.8 Å². The Morgan fingerprint density at radius 2 is 1.78 bits per heavy atom. The highest BCUT2D eigenvalue weighted by Crippen LogP contribution is 2.21. The molecule has 6 nitrogen and oxygen atoms in total. The largest absolute Gasteiger partial charge is 0.490 e. The third-order valence-corrected chi connectivity index (χ3v) is 2.16. The Balaban J connectivity index is 0.000000360. The molecule has 18 heavy (non-hydrogen) atoms. The molecule has 1 saturated heterocycles. The lowest BCUT2D eigenvalue weighted by Gasteiger charge is -2.13. The Bertz CT molecular complexity index is 305. The summed E-state index contributed by atoms with van der Waals surface area (Å²) < 4.78 is 36.9. The van der Waals surface area contributed by atoms with Gasteiger partial charge in [-0.3, -0.25) is 0 Å². The van der Waals surface area contributed by atoms with Gasteiger partial charge in [-0.2, -0.15) is 13.2 Å². The van der Waals surface area contributed by atoms with Gasteiger partial charge in [-0.15, -0.1) is 0 Å². The molecule has 0 bridgehead atoms. The third kappa shape index (κ3) is 5.82. The summed E-state index contributed by atoms with van der Waals surface area (Å²) in [6, 6.07) is -0.0700. The van der Waals surface area contributed by atoms with Gasteiger partial charge >= 0.3 is 18.1 Å². The molecule has 1 aliphatic heterocycles. The van der Waals surface area contributed by atoms with Crippen molar-refractivity contribution in [2.24, 2.45) is 5.73 Å². The van der Waals surface area contributed by atoms with Crippen LogP contribution in [-0.2, 0) is 14.3 Å². The number of aliphatic carboxylic acids is 2. The maximum absolute atomic E-state index is 10.6. The first-order valence-corrected chi connectivity index (χ1v) is 4.99. The number of carbonyl (C=O) groups is 2. The molecule has 1 heterocycles. The lowest BCUT2D eigenvalue weighted by Crippen LogP contribution is -2.32. The normalized spacial score (nSPS) is 24.9. The fourth-order valence-electron chi connectivity index (χ4n) is 1.23. The number of carboxylic acids is 2. The van der Waals surface area contributed by atoms with Crippen molar-refractivity contribution in [3.63, 3.8) is 0 Å². The van der Waals surface area contributed by atoms with Crippen molar-refractivity contribution in [2.45, 2.75) is 44.2 Å². The van der Waals surface area contributed by atoms with E-state index in [2.05, 4.69) is 0 Å². The number of ether oxygens (including phenoxy) is 1. The first-order valence-electron chi connectivity index (χ1n) is 4.99. The van der Waals surface area contributed by atoms with Crippen molar-refractivity contribution in [3.8, 4) is 0 Å². The summed E-state index contributed by atoms with van der Waals surface area (Å²) in [5, 5.41) is 15.7. The zero-order valence-electron chi connectivity index (χ0n) is 9.48. The molecule has 0 unspecified atom stereocenters. The van der Waals surface area contributed by atoms with Crippen molar-refractivity contribution in [3.05, 3.63) is 0 Å². The van der Waals surface area contributed by atoms with Gasteiger partial charge in [-0.1, -0.05) is 0 Å². The average Bonchev–Trinajstić information content (AvgIpc) is 2.65. The first kappa shape index (κ1) is 16.6. The minimum absolute atomic E-state index is 0.0700. The van der Waals surface area contributed by atoms with Crippen LogP contribution in [0.4, 0.5) is 13.2 Å². The fraction of sp³-hybridized carbons (Fsp3) is 0.778. The second kappa shape index (κ2) is 6.55. The van der Waals surface area contributed by atoms with Crippen molar-refractivity contribution in [2.75, 3.05) is 0 Å². The van der Waals surface area contributed by atoms with Crippen LogP contribution in [0.25, 0.3) is 0 Å². The molecule has 1 rings (SSSR count). The van der Waals surface area contributed by atoms with E-state index in [1.807, 2.05) is 6.92 Å². The summed E-state index contributed by atoms with van der Waals surface area (Å²) in [5.74, 6) is -3.64. The lowest BCUT2D eigenvalue weighted by atomic mass is 10.1. The van der Waals surface area contributed by atoms with Gasteiger partial charge in [0.25, 0.3) is 0 Å². The summed E-state index contributed by atoms with van der Waals surface area (Å²) >= 11 is 0. The van der Waals surface area contributed by atoms with Crippen LogP contribution in [0.2, 0.25) is 0 Å². The molecule has 0 aromatic heterocycles. The fourth-order valence-corrected chi connectivity index (χ4v) is 1.23. The highest BCUT2D eigenvalue weighted by Gasteiger charge is 2.38. The van der Waals surface area contributed by atoms with Crippen LogP contribution in [-0.4, -0.2) is 46.6 Å². The van der Waals surface area contributed by atoms with E-state index < -0.39 is 24.2 Å². The van der Waals surface area contributed by atoms with Gasteiger partial charge in [0.05, 0.1) is 6.10 Å². The number of rotatable bonds is 2. The van der Waals surface area contributed by atoms with E-state index in [0.29, 0.717) is 6.42 Å². The van der Waals surface area contributed by atoms with E-state index in [1.54, 1.807) is 0 Å². The number of alkyl halides is 3. The highest BCUT2D eigenvalue weighted by atomic mass is 19.4. The van der Waals surface area contributed by atoms with Gasteiger partial charge in [-0.05, 0) is 19.8 Å². The van der Waals surface area contributed by atoms with E-state index in [-0.39, 0.29) is 12.1 Å². The monoisotopic (exact) mass is 273 g/mol. The lowest BCUT2D eigenvalue weighted by molar-refractivity contribution is -0.192. The minimum Gasteiger partial charge on any atom is -0.479 e. The minimum atomic E-state index is -5.08. The second-order valence-electron chi connectivity index (χ2n) is 3.74. The van der Waals surface area contributed by atoms with Crippen molar-refractivity contribution >= 4 is 11.9 Å². The van der Waals surface area contributed by atoms with E-state index in [9.17, 15) is 18.0 Å². The van der Waals surface area contributed by atoms with Gasteiger partial charge in [0.2, 0.25) is 0 Å². The zero-order chi connectivity index (χ0) is 14.5. The van der Waals surface area contributed by atoms with Crippen molar-refractivity contribution in [1.82, 2.24) is 0 Å². The SMILES string of the molecule is C[C@@H](N)[C@@H]1CC[C@H](C(=O)O)O1.O=C(O)C(F)(F)F. The van der Waals surface area contributed by atoms with Crippen molar-refractivity contribution < 1.29 is 37.7 Å². The molecule has 0 radical (unpaired) electrons. The van der Waals surface area contributed by atoms with Gasteiger partial charge in [0.1, 0.15) is 0 Å². The maximum atomic E-state index is 10.6.